The minimum atomic E-state index is -0.171. The summed E-state index contributed by atoms with van der Waals surface area (Å²) in [5.74, 6) is -0.279. The number of rotatable bonds is 4. The van der Waals surface area contributed by atoms with E-state index in [-0.39, 0.29) is 40.2 Å². The molecule has 0 bridgehead atoms. The Morgan fingerprint density at radius 1 is 0.680 bits per heavy atom. The van der Waals surface area contributed by atoms with Crippen molar-refractivity contribution in [3.05, 3.63) is 95.5 Å². The summed E-state index contributed by atoms with van der Waals surface area (Å²) in [6.45, 7) is 2.95. The monoisotopic (exact) mass is 379 g/mol. The summed E-state index contributed by atoms with van der Waals surface area (Å²) < 4.78 is 0. The van der Waals surface area contributed by atoms with Gasteiger partial charge >= 0.3 is 0 Å². The molecule has 2 aromatic carbocycles. The number of carbonyl (C=O) groups excluding carboxylic acids is 2. The third kappa shape index (κ3) is 9.30. The van der Waals surface area contributed by atoms with Gasteiger partial charge in [-0.05, 0) is 13.8 Å². The molecular formula is C20H20MnO4. The Labute approximate surface area is 158 Å². The van der Waals surface area contributed by atoms with Crippen molar-refractivity contribution in [2.45, 2.75) is 13.8 Å². The molecule has 2 rings (SSSR count). The molecule has 0 fully saturated rings. The fraction of sp³-hybridized carbons (Fsp3) is 0.100. The second kappa shape index (κ2) is 11.8. The van der Waals surface area contributed by atoms with Gasteiger partial charge in [0.15, 0.2) is 11.6 Å². The van der Waals surface area contributed by atoms with Crippen LogP contribution in [0.4, 0.5) is 0 Å². The van der Waals surface area contributed by atoms with Crippen molar-refractivity contribution in [1.29, 1.82) is 0 Å². The minimum Gasteiger partial charge on any atom is -0.512 e. The summed E-state index contributed by atoms with van der Waals surface area (Å²) in [7, 11) is 0. The fourth-order valence-corrected chi connectivity index (χ4v) is 1.75. The van der Waals surface area contributed by atoms with Crippen molar-refractivity contribution in [3.8, 4) is 0 Å². The van der Waals surface area contributed by atoms with Crippen LogP contribution in [0.3, 0.4) is 0 Å². The Balaban J connectivity index is 0.000000443. The van der Waals surface area contributed by atoms with Crippen LogP contribution >= 0.6 is 0 Å². The molecule has 0 aliphatic carbocycles. The quantitative estimate of drug-likeness (QED) is 0.351. The first-order chi connectivity index (χ1) is 11.4. The van der Waals surface area contributed by atoms with Gasteiger partial charge in [-0.3, -0.25) is 9.59 Å². The van der Waals surface area contributed by atoms with Crippen molar-refractivity contribution in [2.24, 2.45) is 0 Å². The molecule has 0 unspecified atom stereocenters. The molecule has 4 nitrogen and oxygen atoms in total. The van der Waals surface area contributed by atoms with Gasteiger partial charge < -0.3 is 10.2 Å². The summed E-state index contributed by atoms with van der Waals surface area (Å²) >= 11 is 0. The van der Waals surface area contributed by atoms with Crippen LogP contribution in [0.2, 0.25) is 0 Å². The standard InChI is InChI=1S/2C10H10O2.Mn/c2*1-8(11)7-10(12)9-5-3-2-4-6-9;/h2*2-7,11H,1H3;/b8-7+;8-7-;. The van der Waals surface area contributed by atoms with Crippen molar-refractivity contribution >= 4 is 11.6 Å². The van der Waals surface area contributed by atoms with Crippen LogP contribution in [-0.4, -0.2) is 21.8 Å². The second-order valence-electron chi connectivity index (χ2n) is 5.03. The molecule has 2 N–H and O–H groups in total. The maximum Gasteiger partial charge on any atom is 0.189 e. The van der Waals surface area contributed by atoms with Gasteiger partial charge in [-0.2, -0.15) is 0 Å². The van der Waals surface area contributed by atoms with Crippen LogP contribution in [0.25, 0.3) is 0 Å². The average molecular weight is 379 g/mol. The minimum absolute atomic E-state index is 0. The maximum absolute atomic E-state index is 11.2. The van der Waals surface area contributed by atoms with E-state index in [0.29, 0.717) is 11.1 Å². The number of carbonyl (C=O) groups is 2. The van der Waals surface area contributed by atoms with E-state index in [9.17, 15) is 9.59 Å². The zero-order chi connectivity index (χ0) is 17.9. The smallest absolute Gasteiger partial charge is 0.189 e. The van der Waals surface area contributed by atoms with E-state index in [1.165, 1.54) is 26.0 Å². The Morgan fingerprint density at radius 3 is 1.20 bits per heavy atom. The molecule has 5 heteroatoms. The van der Waals surface area contributed by atoms with Crippen LogP contribution in [0.1, 0.15) is 34.6 Å². The zero-order valence-corrected chi connectivity index (χ0v) is 15.2. The number of aliphatic hydroxyl groups excluding tert-OH is 2. The molecule has 0 aliphatic heterocycles. The molecule has 1 radical (unpaired) electrons. The fourth-order valence-electron chi connectivity index (χ4n) is 1.75. The van der Waals surface area contributed by atoms with Gasteiger partial charge in [0.2, 0.25) is 0 Å². The van der Waals surface area contributed by atoms with Crippen LogP contribution < -0.4 is 0 Å². The first-order valence-electron chi connectivity index (χ1n) is 7.33. The van der Waals surface area contributed by atoms with Crippen molar-refractivity contribution in [2.75, 3.05) is 0 Å². The van der Waals surface area contributed by atoms with Crippen molar-refractivity contribution in [1.82, 2.24) is 0 Å². The molecule has 0 aromatic heterocycles. The normalized spacial score (nSPS) is 10.8. The molecule has 0 saturated heterocycles. The van der Waals surface area contributed by atoms with E-state index < -0.39 is 0 Å². The van der Waals surface area contributed by atoms with E-state index in [1.807, 2.05) is 12.1 Å². The first-order valence-corrected chi connectivity index (χ1v) is 7.33. The summed E-state index contributed by atoms with van der Waals surface area (Å²) in [6.07, 6.45) is 2.41. The molecule has 0 heterocycles. The average Bonchev–Trinajstić information content (AvgIpc) is 2.56. The summed E-state index contributed by atoms with van der Waals surface area (Å²) in [5.41, 5.74) is 1.18. The molecule has 25 heavy (non-hydrogen) atoms. The Bertz CT molecular complexity index is 661. The third-order valence-corrected chi connectivity index (χ3v) is 2.80. The SMILES string of the molecule is C/C(O)=C/C(=O)c1ccccc1.C/C(O)=C\C(=O)c1ccccc1.[Mn]. The van der Waals surface area contributed by atoms with Gasteiger partial charge in [0.25, 0.3) is 0 Å². The number of allylic oxidation sites excluding steroid dienone is 4. The summed E-state index contributed by atoms with van der Waals surface area (Å²) in [6, 6.07) is 17.7. The largest absolute Gasteiger partial charge is 0.512 e. The molecule has 0 atom stereocenters. The van der Waals surface area contributed by atoms with Crippen LogP contribution in [-0.2, 0) is 17.1 Å². The van der Waals surface area contributed by atoms with E-state index in [0.717, 1.165) is 0 Å². The van der Waals surface area contributed by atoms with Crippen molar-refractivity contribution in [3.63, 3.8) is 0 Å². The third-order valence-electron chi connectivity index (χ3n) is 2.80. The molecular weight excluding hydrogens is 359 g/mol. The summed E-state index contributed by atoms with van der Waals surface area (Å²) in [4.78, 5) is 22.4. The molecule has 0 saturated carbocycles. The van der Waals surface area contributed by atoms with Crippen LogP contribution in [0, 0.1) is 0 Å². The van der Waals surface area contributed by atoms with E-state index in [2.05, 4.69) is 0 Å². The van der Waals surface area contributed by atoms with Gasteiger partial charge in [0.1, 0.15) is 0 Å². The summed E-state index contributed by atoms with van der Waals surface area (Å²) in [5, 5.41) is 17.6. The van der Waals surface area contributed by atoms with E-state index in [4.69, 9.17) is 10.2 Å². The molecule has 0 aliphatic rings. The number of aliphatic hydroxyl groups is 2. The predicted octanol–water partition coefficient (Wildman–Crippen LogP) is 4.66. The van der Waals surface area contributed by atoms with Gasteiger partial charge in [0.05, 0.1) is 11.5 Å². The molecule has 0 amide bonds. The van der Waals surface area contributed by atoms with Gasteiger partial charge in [-0.1, -0.05) is 60.7 Å². The number of benzene rings is 2. The van der Waals surface area contributed by atoms with Crippen LogP contribution in [0.5, 0.6) is 0 Å². The predicted molar refractivity (Wildman–Crippen MR) is 94.3 cm³/mol. The first kappa shape index (κ1) is 22.4. The number of hydrogen-bond acceptors (Lipinski definition) is 4. The molecule has 0 spiro atoms. The molecule has 131 valence electrons. The topological polar surface area (TPSA) is 74.6 Å². The Morgan fingerprint density at radius 2 is 0.960 bits per heavy atom. The van der Waals surface area contributed by atoms with Gasteiger partial charge in [-0.25, -0.2) is 0 Å². The zero-order valence-electron chi connectivity index (χ0n) is 14.0. The van der Waals surface area contributed by atoms with E-state index >= 15 is 0 Å². The van der Waals surface area contributed by atoms with Crippen molar-refractivity contribution < 1.29 is 36.9 Å². The number of ketones is 2. The second-order valence-corrected chi connectivity index (χ2v) is 5.03. The molecule has 2 aromatic rings. The Hall–Kier alpha value is -2.62. The number of hydrogen-bond donors (Lipinski definition) is 2. The Kier molecular flexibility index (Phi) is 10.6. The van der Waals surface area contributed by atoms with E-state index in [1.54, 1.807) is 48.5 Å². The van der Waals surface area contributed by atoms with Gasteiger partial charge in [0, 0.05) is 40.3 Å². The van der Waals surface area contributed by atoms with Gasteiger partial charge in [-0.15, -0.1) is 0 Å². The maximum atomic E-state index is 11.2. The van der Waals surface area contributed by atoms with Crippen LogP contribution in [0.15, 0.2) is 84.3 Å².